The number of rotatable bonds is 3. The largest absolute Gasteiger partial charge is 0.341 e. The summed E-state index contributed by atoms with van der Waals surface area (Å²) in [6.45, 7) is 6.52. The Kier molecular flexibility index (Phi) is 3.89. The van der Waals surface area contributed by atoms with Crippen LogP contribution in [0.4, 0.5) is 0 Å². The van der Waals surface area contributed by atoms with Crippen LogP contribution in [0.5, 0.6) is 0 Å². The highest BCUT2D eigenvalue weighted by Crippen LogP contribution is 2.61. The third-order valence-electron chi connectivity index (χ3n) is 7.88. The van der Waals surface area contributed by atoms with Crippen LogP contribution in [0.1, 0.15) is 51.4 Å². The van der Waals surface area contributed by atoms with E-state index >= 15 is 0 Å². The molecule has 4 nitrogen and oxygen atoms in total. The molecular weight excluding hydrogens is 298 g/mol. The highest BCUT2D eigenvalue weighted by molar-refractivity contribution is 5.77. The molecule has 1 unspecified atom stereocenters. The lowest BCUT2D eigenvalue weighted by Crippen LogP contribution is -2.50. The molecule has 2 saturated heterocycles. The molecule has 1 atom stereocenters. The second-order valence-corrected chi connectivity index (χ2v) is 9.66. The molecule has 4 aliphatic carbocycles. The summed E-state index contributed by atoms with van der Waals surface area (Å²) in [5.74, 6) is 3.35. The van der Waals surface area contributed by atoms with Gasteiger partial charge in [-0.1, -0.05) is 0 Å². The second kappa shape index (κ2) is 5.98. The van der Waals surface area contributed by atoms with Gasteiger partial charge in [0, 0.05) is 51.7 Å². The van der Waals surface area contributed by atoms with Gasteiger partial charge in [0.2, 0.25) is 5.91 Å². The van der Waals surface area contributed by atoms with E-state index in [1.54, 1.807) is 0 Å². The first-order chi connectivity index (χ1) is 11.7. The third-order valence-corrected chi connectivity index (χ3v) is 7.88. The predicted molar refractivity (Wildman–Crippen MR) is 94.6 cm³/mol. The monoisotopic (exact) mass is 331 g/mol. The zero-order chi connectivity index (χ0) is 16.1. The molecule has 24 heavy (non-hydrogen) atoms. The molecule has 0 aromatic heterocycles. The van der Waals surface area contributed by atoms with E-state index in [9.17, 15) is 4.79 Å². The van der Waals surface area contributed by atoms with Crippen LogP contribution >= 0.6 is 0 Å². The van der Waals surface area contributed by atoms with Crippen molar-refractivity contribution in [2.45, 2.75) is 57.4 Å². The van der Waals surface area contributed by atoms with E-state index in [-0.39, 0.29) is 0 Å². The lowest BCUT2D eigenvalue weighted by Gasteiger charge is -2.56. The molecule has 4 heteroatoms. The van der Waals surface area contributed by atoms with Crippen molar-refractivity contribution < 1.29 is 4.79 Å². The summed E-state index contributed by atoms with van der Waals surface area (Å²) in [5, 5.41) is 3.44. The lowest BCUT2D eigenvalue weighted by molar-refractivity contribution is -0.138. The van der Waals surface area contributed by atoms with E-state index in [0.29, 0.717) is 17.4 Å². The summed E-state index contributed by atoms with van der Waals surface area (Å²) in [7, 11) is 0. The molecule has 0 aromatic carbocycles. The molecule has 0 aromatic rings. The molecule has 1 N–H and O–H groups in total. The Balaban J connectivity index is 1.20. The Morgan fingerprint density at radius 2 is 1.58 bits per heavy atom. The van der Waals surface area contributed by atoms with Gasteiger partial charge in [-0.3, -0.25) is 9.69 Å². The maximum atomic E-state index is 13.1. The number of nitrogens with zero attached hydrogens (tertiary/aromatic N) is 2. The van der Waals surface area contributed by atoms with Crippen molar-refractivity contribution in [1.29, 1.82) is 0 Å². The summed E-state index contributed by atoms with van der Waals surface area (Å²) in [4.78, 5) is 17.9. The van der Waals surface area contributed by atoms with Crippen molar-refractivity contribution in [2.24, 2.45) is 23.2 Å². The minimum absolute atomic E-state index is 0.402. The minimum atomic E-state index is 0.402. The molecule has 134 valence electrons. The lowest BCUT2D eigenvalue weighted by atomic mass is 9.49. The van der Waals surface area contributed by atoms with Gasteiger partial charge in [0.1, 0.15) is 0 Å². The van der Waals surface area contributed by atoms with E-state index in [2.05, 4.69) is 15.1 Å². The van der Waals surface area contributed by atoms with Crippen LogP contribution in [0, 0.1) is 23.2 Å². The van der Waals surface area contributed by atoms with Gasteiger partial charge in [0.25, 0.3) is 0 Å². The molecule has 6 fully saturated rings. The zero-order valence-corrected chi connectivity index (χ0v) is 15.0. The Morgan fingerprint density at radius 3 is 2.21 bits per heavy atom. The Morgan fingerprint density at radius 1 is 0.958 bits per heavy atom. The number of piperazine rings is 1. The van der Waals surface area contributed by atoms with Crippen molar-refractivity contribution in [3.8, 4) is 0 Å². The first kappa shape index (κ1) is 15.6. The number of hydrogen-bond donors (Lipinski definition) is 1. The fraction of sp³-hybridized carbons (Fsp3) is 0.950. The number of nitrogens with one attached hydrogen (secondary N) is 1. The van der Waals surface area contributed by atoms with E-state index in [1.165, 1.54) is 44.9 Å². The first-order valence-electron chi connectivity index (χ1n) is 10.4. The summed E-state index contributed by atoms with van der Waals surface area (Å²) in [6, 6.07) is 0.618. The van der Waals surface area contributed by atoms with Gasteiger partial charge in [0.15, 0.2) is 0 Å². The van der Waals surface area contributed by atoms with Crippen LogP contribution in [0.25, 0.3) is 0 Å². The fourth-order valence-corrected chi connectivity index (χ4v) is 7.25. The van der Waals surface area contributed by atoms with E-state index in [4.69, 9.17) is 0 Å². The van der Waals surface area contributed by atoms with Gasteiger partial charge in [-0.2, -0.15) is 0 Å². The highest BCUT2D eigenvalue weighted by atomic mass is 16.2. The predicted octanol–water partition coefficient (Wildman–Crippen LogP) is 2.10. The molecule has 6 aliphatic rings. The van der Waals surface area contributed by atoms with Crippen molar-refractivity contribution in [1.82, 2.24) is 15.1 Å². The molecule has 1 amide bonds. The van der Waals surface area contributed by atoms with Gasteiger partial charge >= 0.3 is 0 Å². The van der Waals surface area contributed by atoms with Crippen LogP contribution in [-0.2, 0) is 4.79 Å². The number of hydrogen-bond acceptors (Lipinski definition) is 3. The molecular formula is C20H33N3O. The summed E-state index contributed by atoms with van der Waals surface area (Å²) in [6.07, 6.45) is 10.6. The number of likely N-dealkylation sites (tertiary alicyclic amines) is 1. The smallest absolute Gasteiger partial charge is 0.223 e. The van der Waals surface area contributed by atoms with E-state index in [1.807, 2.05) is 0 Å². The Labute approximate surface area is 146 Å². The minimum Gasteiger partial charge on any atom is -0.341 e. The summed E-state index contributed by atoms with van der Waals surface area (Å²) >= 11 is 0. The van der Waals surface area contributed by atoms with Crippen molar-refractivity contribution in [3.63, 3.8) is 0 Å². The maximum Gasteiger partial charge on any atom is 0.223 e. The van der Waals surface area contributed by atoms with Crippen LogP contribution in [-0.4, -0.2) is 61.0 Å². The van der Waals surface area contributed by atoms with Crippen LogP contribution in [0.3, 0.4) is 0 Å². The normalized spacial score (nSPS) is 45.1. The number of carbonyl (C=O) groups is 1. The van der Waals surface area contributed by atoms with Gasteiger partial charge in [-0.25, -0.2) is 0 Å². The molecule has 6 rings (SSSR count). The average molecular weight is 332 g/mol. The fourth-order valence-electron chi connectivity index (χ4n) is 7.25. The molecule has 0 radical (unpaired) electrons. The average Bonchev–Trinajstić information content (AvgIpc) is 3.04. The molecule has 0 spiro atoms. The highest BCUT2D eigenvalue weighted by Gasteiger charge is 2.52. The van der Waals surface area contributed by atoms with E-state index < -0.39 is 0 Å². The van der Waals surface area contributed by atoms with Crippen LogP contribution in [0.15, 0.2) is 0 Å². The summed E-state index contributed by atoms with van der Waals surface area (Å²) < 4.78 is 0. The quantitative estimate of drug-likeness (QED) is 0.860. The maximum absolute atomic E-state index is 13.1. The Hall–Kier alpha value is -0.610. The molecule has 4 saturated carbocycles. The van der Waals surface area contributed by atoms with Gasteiger partial charge in [0.05, 0.1) is 0 Å². The SMILES string of the molecule is O=C(CC12CC3CC(CC(C3)C1)C2)N1CCC(N2CCNCC2)C1. The van der Waals surface area contributed by atoms with Crippen LogP contribution in [0.2, 0.25) is 0 Å². The summed E-state index contributed by atoms with van der Waals surface area (Å²) in [5.41, 5.74) is 0.402. The number of amides is 1. The van der Waals surface area contributed by atoms with Crippen molar-refractivity contribution >= 4 is 5.91 Å². The zero-order valence-electron chi connectivity index (χ0n) is 15.0. The standard InChI is InChI=1S/C20H33N3O/c24-19(23-4-1-18(14-23)22-5-2-21-3-6-22)13-20-10-15-7-16(11-20)9-17(8-15)12-20/h15-18,21H,1-14H2. The number of carbonyl (C=O) groups excluding carboxylic acids is 1. The van der Waals surface area contributed by atoms with Crippen molar-refractivity contribution in [3.05, 3.63) is 0 Å². The van der Waals surface area contributed by atoms with Gasteiger partial charge < -0.3 is 10.2 Å². The topological polar surface area (TPSA) is 35.6 Å². The van der Waals surface area contributed by atoms with Crippen molar-refractivity contribution in [2.75, 3.05) is 39.3 Å². The third kappa shape index (κ3) is 2.80. The molecule has 4 bridgehead atoms. The molecule has 2 aliphatic heterocycles. The Bertz CT molecular complexity index is 464. The van der Waals surface area contributed by atoms with Gasteiger partial charge in [-0.05, 0) is 68.1 Å². The first-order valence-corrected chi connectivity index (χ1v) is 10.4. The van der Waals surface area contributed by atoms with Crippen LogP contribution < -0.4 is 5.32 Å². The van der Waals surface area contributed by atoms with Gasteiger partial charge in [-0.15, -0.1) is 0 Å². The second-order valence-electron chi connectivity index (χ2n) is 9.66. The van der Waals surface area contributed by atoms with E-state index in [0.717, 1.165) is 63.4 Å². The molecule has 2 heterocycles.